The second kappa shape index (κ2) is 6.76. The van der Waals surface area contributed by atoms with Crippen molar-refractivity contribution in [3.05, 3.63) is 47.6 Å². The maximum absolute atomic E-state index is 12.3. The third kappa shape index (κ3) is 3.95. The van der Waals surface area contributed by atoms with E-state index in [1.807, 2.05) is 0 Å². The number of halogens is 1. The Bertz CT molecular complexity index is 772. The van der Waals surface area contributed by atoms with Crippen LogP contribution in [-0.4, -0.2) is 19.4 Å². The third-order valence-corrected chi connectivity index (χ3v) is 5.73. The summed E-state index contributed by atoms with van der Waals surface area (Å²) in [6.45, 7) is 0. The van der Waals surface area contributed by atoms with Crippen LogP contribution in [0.15, 0.2) is 47.5 Å². The second-order valence-corrected chi connectivity index (χ2v) is 7.65. The predicted molar refractivity (Wildman–Crippen MR) is 92.4 cm³/mol. The van der Waals surface area contributed by atoms with Crippen molar-refractivity contribution in [2.24, 2.45) is 0 Å². The van der Waals surface area contributed by atoms with Crippen LogP contribution >= 0.6 is 11.6 Å². The van der Waals surface area contributed by atoms with Gasteiger partial charge in [0.25, 0.3) is 10.0 Å². The Morgan fingerprint density at radius 2 is 1.83 bits per heavy atom. The van der Waals surface area contributed by atoms with Gasteiger partial charge in [-0.3, -0.25) is 4.72 Å². The molecular weight excluding hydrogens is 334 g/mol. The number of hydrogen-bond donors (Lipinski definition) is 2. The van der Waals surface area contributed by atoms with Gasteiger partial charge in [0.1, 0.15) is 10.7 Å². The summed E-state index contributed by atoms with van der Waals surface area (Å²) in [5.41, 5.74) is 0.405. The first kappa shape index (κ1) is 16.1. The van der Waals surface area contributed by atoms with Crippen LogP contribution < -0.4 is 10.0 Å². The molecule has 1 aromatic carbocycles. The molecule has 3 rings (SSSR count). The summed E-state index contributed by atoms with van der Waals surface area (Å²) in [5, 5.41) is 3.55. The first-order valence-electron chi connectivity index (χ1n) is 7.54. The summed E-state index contributed by atoms with van der Waals surface area (Å²) in [4.78, 5) is 4.32. The number of sulfonamides is 1. The summed E-state index contributed by atoms with van der Waals surface area (Å²) in [5.74, 6) is 0.762. The fraction of sp³-hybridized carbons (Fsp3) is 0.312. The van der Waals surface area contributed by atoms with Crippen molar-refractivity contribution >= 4 is 33.1 Å². The predicted octanol–water partition coefficient (Wildman–Crippen LogP) is 3.89. The molecule has 1 heterocycles. The molecule has 1 aliphatic carbocycles. The van der Waals surface area contributed by atoms with E-state index in [0.29, 0.717) is 11.7 Å². The van der Waals surface area contributed by atoms with Crippen molar-refractivity contribution in [2.75, 3.05) is 10.0 Å². The lowest BCUT2D eigenvalue weighted by Crippen LogP contribution is -2.16. The number of nitrogens with zero attached hydrogens (tertiary/aromatic N) is 1. The zero-order chi connectivity index (χ0) is 16.3. The van der Waals surface area contributed by atoms with E-state index in [4.69, 9.17) is 11.6 Å². The molecule has 0 radical (unpaired) electrons. The minimum Gasteiger partial charge on any atom is -0.367 e. The van der Waals surface area contributed by atoms with Crippen LogP contribution in [0.3, 0.4) is 0 Å². The molecule has 7 heteroatoms. The van der Waals surface area contributed by atoms with Crippen LogP contribution in [0.4, 0.5) is 11.5 Å². The summed E-state index contributed by atoms with van der Waals surface area (Å²) in [7, 11) is -3.72. The van der Waals surface area contributed by atoms with Gasteiger partial charge >= 0.3 is 0 Å². The van der Waals surface area contributed by atoms with Crippen molar-refractivity contribution in [3.63, 3.8) is 0 Å². The van der Waals surface area contributed by atoms with Gasteiger partial charge in [0.05, 0.1) is 16.9 Å². The summed E-state index contributed by atoms with van der Waals surface area (Å²) < 4.78 is 27.2. The average Bonchev–Trinajstić information content (AvgIpc) is 3.02. The van der Waals surface area contributed by atoms with Crippen molar-refractivity contribution in [3.8, 4) is 0 Å². The third-order valence-electron chi connectivity index (χ3n) is 3.85. The monoisotopic (exact) mass is 351 g/mol. The van der Waals surface area contributed by atoms with Crippen LogP contribution in [0.1, 0.15) is 25.7 Å². The van der Waals surface area contributed by atoms with Gasteiger partial charge in [-0.25, -0.2) is 13.4 Å². The number of nitrogens with one attached hydrogen (secondary N) is 2. The van der Waals surface area contributed by atoms with Crippen LogP contribution in [0.2, 0.25) is 5.02 Å². The highest BCUT2D eigenvalue weighted by atomic mass is 35.5. The Morgan fingerprint density at radius 3 is 2.48 bits per heavy atom. The van der Waals surface area contributed by atoms with E-state index >= 15 is 0 Å². The Morgan fingerprint density at radius 1 is 1.09 bits per heavy atom. The number of benzene rings is 1. The lowest BCUT2D eigenvalue weighted by atomic mass is 10.2. The first-order chi connectivity index (χ1) is 11.0. The molecule has 2 aromatic rings. The number of aromatic nitrogens is 1. The fourth-order valence-corrected chi connectivity index (χ4v) is 4.26. The maximum Gasteiger partial charge on any atom is 0.263 e. The normalized spacial score (nSPS) is 15.5. The van der Waals surface area contributed by atoms with Gasteiger partial charge in [-0.05, 0) is 37.1 Å². The van der Waals surface area contributed by atoms with Gasteiger partial charge in [-0.2, -0.15) is 0 Å². The number of pyridine rings is 1. The minimum atomic E-state index is -3.72. The standard InChI is InChI=1S/C16H18ClN3O2S/c17-14-7-3-4-8-15(14)23(21,22)20-13-9-10-16(18-11-13)19-12-5-1-2-6-12/h3-4,7-12,20H,1-2,5-6H2,(H,18,19). The molecule has 1 fully saturated rings. The van der Waals surface area contributed by atoms with E-state index in [1.54, 1.807) is 30.3 Å². The molecule has 0 saturated heterocycles. The molecule has 0 atom stereocenters. The first-order valence-corrected chi connectivity index (χ1v) is 9.41. The van der Waals surface area contributed by atoms with Crippen molar-refractivity contribution in [2.45, 2.75) is 36.6 Å². The van der Waals surface area contributed by atoms with E-state index in [0.717, 1.165) is 18.7 Å². The topological polar surface area (TPSA) is 71.1 Å². The highest BCUT2D eigenvalue weighted by Gasteiger charge is 2.18. The molecule has 0 spiro atoms. The zero-order valence-corrected chi connectivity index (χ0v) is 14.1. The smallest absolute Gasteiger partial charge is 0.263 e. The molecule has 2 N–H and O–H groups in total. The molecule has 0 amide bonds. The Hall–Kier alpha value is -1.79. The fourth-order valence-electron chi connectivity index (χ4n) is 2.69. The molecule has 1 aromatic heterocycles. The van der Waals surface area contributed by atoms with Crippen LogP contribution in [-0.2, 0) is 10.0 Å². The maximum atomic E-state index is 12.3. The van der Waals surface area contributed by atoms with Crippen LogP contribution in [0.5, 0.6) is 0 Å². The van der Waals surface area contributed by atoms with Crippen molar-refractivity contribution < 1.29 is 8.42 Å². The van der Waals surface area contributed by atoms with Crippen LogP contribution in [0.25, 0.3) is 0 Å². The molecule has 1 aliphatic rings. The van der Waals surface area contributed by atoms with E-state index in [9.17, 15) is 8.42 Å². The molecule has 5 nitrogen and oxygen atoms in total. The van der Waals surface area contributed by atoms with Crippen molar-refractivity contribution in [1.82, 2.24) is 4.98 Å². The Kier molecular flexibility index (Phi) is 4.73. The SMILES string of the molecule is O=S(=O)(Nc1ccc(NC2CCCC2)nc1)c1ccccc1Cl. The highest BCUT2D eigenvalue weighted by Crippen LogP contribution is 2.24. The minimum absolute atomic E-state index is 0.0508. The molecule has 0 bridgehead atoms. The average molecular weight is 352 g/mol. The number of hydrogen-bond acceptors (Lipinski definition) is 4. The summed E-state index contributed by atoms with van der Waals surface area (Å²) >= 11 is 5.95. The van der Waals surface area contributed by atoms with Crippen LogP contribution in [0, 0.1) is 0 Å². The second-order valence-electron chi connectivity index (χ2n) is 5.59. The molecular formula is C16H18ClN3O2S. The van der Waals surface area contributed by atoms with Crippen molar-refractivity contribution in [1.29, 1.82) is 0 Å². The molecule has 1 saturated carbocycles. The van der Waals surface area contributed by atoms with E-state index in [2.05, 4.69) is 15.0 Å². The number of anilines is 2. The highest BCUT2D eigenvalue weighted by molar-refractivity contribution is 7.92. The van der Waals surface area contributed by atoms with Gasteiger partial charge in [-0.1, -0.05) is 36.6 Å². The van der Waals surface area contributed by atoms with Gasteiger partial charge in [0, 0.05) is 6.04 Å². The summed E-state index contributed by atoms with van der Waals surface area (Å²) in [6.07, 6.45) is 6.30. The Balaban J connectivity index is 1.71. The number of rotatable bonds is 5. The molecule has 0 aliphatic heterocycles. The molecule has 0 unspecified atom stereocenters. The van der Waals surface area contributed by atoms with E-state index < -0.39 is 10.0 Å². The lowest BCUT2D eigenvalue weighted by Gasteiger charge is -2.13. The van der Waals surface area contributed by atoms with E-state index in [1.165, 1.54) is 25.1 Å². The summed E-state index contributed by atoms with van der Waals surface area (Å²) in [6, 6.07) is 10.3. The van der Waals surface area contributed by atoms with Gasteiger partial charge in [0.2, 0.25) is 0 Å². The lowest BCUT2D eigenvalue weighted by molar-refractivity contribution is 0.601. The van der Waals surface area contributed by atoms with E-state index in [-0.39, 0.29) is 9.92 Å². The van der Waals surface area contributed by atoms with Gasteiger partial charge in [0.15, 0.2) is 0 Å². The van der Waals surface area contributed by atoms with Gasteiger partial charge in [-0.15, -0.1) is 0 Å². The largest absolute Gasteiger partial charge is 0.367 e. The van der Waals surface area contributed by atoms with Gasteiger partial charge < -0.3 is 5.32 Å². The zero-order valence-electron chi connectivity index (χ0n) is 12.5. The molecule has 122 valence electrons. The Labute approximate surface area is 141 Å². The quantitative estimate of drug-likeness (QED) is 0.857. The molecule has 23 heavy (non-hydrogen) atoms.